The van der Waals surface area contributed by atoms with Gasteiger partial charge in [-0.25, -0.2) is 4.79 Å². The van der Waals surface area contributed by atoms with Crippen molar-refractivity contribution in [3.63, 3.8) is 0 Å². The van der Waals surface area contributed by atoms with E-state index in [1.54, 1.807) is 6.07 Å². The maximum atomic E-state index is 11.8. The van der Waals surface area contributed by atoms with Gasteiger partial charge in [-0.15, -0.1) is 0 Å². The molecule has 1 N–H and O–H groups in total. The van der Waals surface area contributed by atoms with Gasteiger partial charge in [0.25, 0.3) is 0 Å². The van der Waals surface area contributed by atoms with E-state index in [2.05, 4.69) is 21.2 Å². The molecule has 5 heteroatoms. The van der Waals surface area contributed by atoms with Crippen molar-refractivity contribution < 1.29 is 9.53 Å². The Morgan fingerprint density at radius 2 is 2.29 bits per heavy atom. The van der Waals surface area contributed by atoms with Gasteiger partial charge >= 0.3 is 5.97 Å². The summed E-state index contributed by atoms with van der Waals surface area (Å²) >= 11 is 9.51. The van der Waals surface area contributed by atoms with Gasteiger partial charge in [-0.3, -0.25) is 5.32 Å². The molecule has 0 aliphatic heterocycles. The van der Waals surface area contributed by atoms with E-state index in [4.69, 9.17) is 16.3 Å². The van der Waals surface area contributed by atoms with Crippen LogP contribution in [0.2, 0.25) is 5.02 Å². The summed E-state index contributed by atoms with van der Waals surface area (Å²) in [5.74, 6) is -0.308. The lowest BCUT2D eigenvalue weighted by molar-refractivity contribution is -0.143. The molecule has 1 unspecified atom stereocenters. The molecular formula is C12H13BrClNO2. The number of methoxy groups -OCH3 is 1. The van der Waals surface area contributed by atoms with E-state index >= 15 is 0 Å². The first-order valence-corrected chi connectivity index (χ1v) is 6.57. The van der Waals surface area contributed by atoms with Crippen molar-refractivity contribution in [2.75, 3.05) is 7.11 Å². The van der Waals surface area contributed by atoms with Crippen LogP contribution in [-0.2, 0) is 9.53 Å². The van der Waals surface area contributed by atoms with Crippen LogP contribution in [0.5, 0.6) is 0 Å². The first kappa shape index (κ1) is 12.9. The maximum Gasteiger partial charge on any atom is 0.327 e. The highest BCUT2D eigenvalue weighted by Gasteiger charge is 2.31. The standard InChI is InChI=1S/C12H13BrClNO2/c1-17-12(16)11(15-8-3-4-8)9-6-7(13)2-5-10(9)14/h2,5-6,8,11,15H,3-4H2,1H3. The number of halogens is 2. The van der Waals surface area contributed by atoms with Crippen LogP contribution in [-0.4, -0.2) is 19.1 Å². The Bertz CT molecular complexity index is 435. The molecule has 0 aromatic heterocycles. The summed E-state index contributed by atoms with van der Waals surface area (Å²) in [6.07, 6.45) is 2.19. The Kier molecular flexibility index (Phi) is 4.07. The monoisotopic (exact) mass is 317 g/mol. The summed E-state index contributed by atoms with van der Waals surface area (Å²) in [6.45, 7) is 0. The minimum absolute atomic E-state index is 0.308. The molecule has 0 saturated heterocycles. The van der Waals surface area contributed by atoms with Gasteiger partial charge in [0.05, 0.1) is 7.11 Å². The van der Waals surface area contributed by atoms with Crippen molar-refractivity contribution in [1.29, 1.82) is 0 Å². The molecule has 3 nitrogen and oxygen atoms in total. The highest BCUT2D eigenvalue weighted by atomic mass is 79.9. The van der Waals surface area contributed by atoms with Crippen LogP contribution >= 0.6 is 27.5 Å². The Morgan fingerprint density at radius 3 is 2.88 bits per heavy atom. The lowest BCUT2D eigenvalue weighted by Gasteiger charge is -2.18. The molecule has 17 heavy (non-hydrogen) atoms. The SMILES string of the molecule is COC(=O)C(NC1CC1)c1cc(Br)ccc1Cl. The zero-order chi connectivity index (χ0) is 12.4. The Labute approximate surface area is 114 Å². The Balaban J connectivity index is 2.29. The number of hydrogen-bond acceptors (Lipinski definition) is 3. The minimum atomic E-state index is -0.488. The molecule has 1 atom stereocenters. The molecule has 92 valence electrons. The van der Waals surface area contributed by atoms with Crippen LogP contribution in [0.25, 0.3) is 0 Å². The Morgan fingerprint density at radius 1 is 1.59 bits per heavy atom. The highest BCUT2D eigenvalue weighted by molar-refractivity contribution is 9.10. The molecule has 1 aromatic rings. The van der Waals surface area contributed by atoms with Crippen molar-refractivity contribution in [1.82, 2.24) is 5.32 Å². The van der Waals surface area contributed by atoms with E-state index in [0.29, 0.717) is 11.1 Å². The van der Waals surface area contributed by atoms with Gasteiger partial charge < -0.3 is 4.74 Å². The van der Waals surface area contributed by atoms with Gasteiger partial charge in [0.15, 0.2) is 0 Å². The number of rotatable bonds is 4. The smallest absolute Gasteiger partial charge is 0.327 e. The van der Waals surface area contributed by atoms with E-state index in [1.807, 2.05) is 12.1 Å². The van der Waals surface area contributed by atoms with Crippen molar-refractivity contribution in [3.8, 4) is 0 Å². The molecule has 0 bridgehead atoms. The van der Waals surface area contributed by atoms with Gasteiger partial charge in [0, 0.05) is 15.5 Å². The van der Waals surface area contributed by atoms with E-state index in [0.717, 1.165) is 22.9 Å². The fourth-order valence-corrected chi connectivity index (χ4v) is 2.23. The number of ether oxygens (including phenoxy) is 1. The highest BCUT2D eigenvalue weighted by Crippen LogP contribution is 2.30. The largest absolute Gasteiger partial charge is 0.468 e. The lowest BCUT2D eigenvalue weighted by atomic mass is 10.1. The minimum Gasteiger partial charge on any atom is -0.468 e. The van der Waals surface area contributed by atoms with Crippen molar-refractivity contribution in [2.24, 2.45) is 0 Å². The second-order valence-electron chi connectivity index (χ2n) is 4.06. The summed E-state index contributed by atoms with van der Waals surface area (Å²) < 4.78 is 5.71. The lowest BCUT2D eigenvalue weighted by Crippen LogP contribution is -2.31. The van der Waals surface area contributed by atoms with Crippen LogP contribution in [0, 0.1) is 0 Å². The zero-order valence-electron chi connectivity index (χ0n) is 9.37. The Hall–Kier alpha value is -0.580. The summed E-state index contributed by atoms with van der Waals surface area (Å²) in [5.41, 5.74) is 0.750. The molecule has 2 rings (SSSR count). The zero-order valence-corrected chi connectivity index (χ0v) is 11.7. The quantitative estimate of drug-likeness (QED) is 0.867. The first-order valence-electron chi connectivity index (χ1n) is 5.40. The van der Waals surface area contributed by atoms with Crippen LogP contribution in [0.4, 0.5) is 0 Å². The summed E-state index contributed by atoms with van der Waals surface area (Å²) in [5, 5.41) is 3.81. The second kappa shape index (κ2) is 5.38. The molecule has 1 aliphatic rings. The number of esters is 1. The molecule has 0 radical (unpaired) electrons. The topological polar surface area (TPSA) is 38.3 Å². The van der Waals surface area contributed by atoms with Crippen LogP contribution in [0.1, 0.15) is 24.4 Å². The van der Waals surface area contributed by atoms with Crippen molar-refractivity contribution in [2.45, 2.75) is 24.9 Å². The third kappa shape index (κ3) is 3.21. The summed E-state index contributed by atoms with van der Waals surface area (Å²) in [4.78, 5) is 11.8. The van der Waals surface area contributed by atoms with Gasteiger partial charge in [0.1, 0.15) is 6.04 Å². The van der Waals surface area contributed by atoms with E-state index < -0.39 is 6.04 Å². The van der Waals surface area contributed by atoms with Gasteiger partial charge in [-0.05, 0) is 36.6 Å². The average Bonchev–Trinajstić information content (AvgIpc) is 3.12. The van der Waals surface area contributed by atoms with Crippen LogP contribution < -0.4 is 5.32 Å². The maximum absolute atomic E-state index is 11.8. The first-order chi connectivity index (χ1) is 8.11. The van der Waals surface area contributed by atoms with E-state index in [-0.39, 0.29) is 5.97 Å². The predicted molar refractivity (Wildman–Crippen MR) is 70.1 cm³/mol. The van der Waals surface area contributed by atoms with E-state index in [9.17, 15) is 4.79 Å². The molecule has 0 spiro atoms. The molecule has 0 heterocycles. The number of nitrogens with one attached hydrogen (secondary N) is 1. The third-order valence-corrected chi connectivity index (χ3v) is 3.52. The summed E-state index contributed by atoms with van der Waals surface area (Å²) in [6, 6.07) is 5.37. The van der Waals surface area contributed by atoms with Crippen molar-refractivity contribution >= 4 is 33.5 Å². The average molecular weight is 319 g/mol. The normalized spacial score (nSPS) is 16.6. The summed E-state index contributed by atoms with van der Waals surface area (Å²) in [7, 11) is 1.38. The molecule has 1 aromatic carbocycles. The number of benzene rings is 1. The number of carbonyl (C=O) groups is 1. The molecule has 0 amide bonds. The molecule has 1 fully saturated rings. The van der Waals surface area contributed by atoms with Crippen LogP contribution in [0.3, 0.4) is 0 Å². The fourth-order valence-electron chi connectivity index (χ4n) is 1.62. The van der Waals surface area contributed by atoms with E-state index in [1.165, 1.54) is 7.11 Å². The second-order valence-corrected chi connectivity index (χ2v) is 5.39. The molecule has 1 saturated carbocycles. The molecular weight excluding hydrogens is 305 g/mol. The fraction of sp³-hybridized carbons (Fsp3) is 0.417. The van der Waals surface area contributed by atoms with Gasteiger partial charge in [-0.1, -0.05) is 27.5 Å². The molecule has 1 aliphatic carbocycles. The van der Waals surface area contributed by atoms with Gasteiger partial charge in [-0.2, -0.15) is 0 Å². The predicted octanol–water partition coefficient (Wildman–Crippen LogP) is 3.07. The van der Waals surface area contributed by atoms with Crippen LogP contribution in [0.15, 0.2) is 22.7 Å². The number of hydrogen-bond donors (Lipinski definition) is 1. The number of carbonyl (C=O) groups excluding carboxylic acids is 1. The third-order valence-electron chi connectivity index (χ3n) is 2.69. The van der Waals surface area contributed by atoms with Crippen molar-refractivity contribution in [3.05, 3.63) is 33.3 Å². The van der Waals surface area contributed by atoms with Gasteiger partial charge in [0.2, 0.25) is 0 Å².